The van der Waals surface area contributed by atoms with Crippen LogP contribution < -0.4 is 20.9 Å². The van der Waals surface area contributed by atoms with Gasteiger partial charge in [-0.15, -0.1) is 0 Å². The molecule has 1 fully saturated rings. The second kappa shape index (κ2) is 8.95. The van der Waals surface area contributed by atoms with Gasteiger partial charge in [0.05, 0.1) is 46.3 Å². The van der Waals surface area contributed by atoms with Crippen molar-refractivity contribution < 1.29 is 14.2 Å². The number of pyridine rings is 2. The highest BCUT2D eigenvalue weighted by molar-refractivity contribution is 6.31. The molecule has 1 N–H and O–H groups in total. The fraction of sp³-hybridized carbons (Fsp3) is 0.217. The summed E-state index contributed by atoms with van der Waals surface area (Å²) in [6, 6.07) is 6.78. The van der Waals surface area contributed by atoms with Crippen LogP contribution in [-0.2, 0) is 0 Å². The Balaban J connectivity index is 1.92. The number of β-amino-alcohol motifs (C(OH)–C–C–N with tert-alkyl or cyclic N) is 1. The van der Waals surface area contributed by atoms with Crippen LogP contribution in [0.1, 0.15) is 6.42 Å². The van der Waals surface area contributed by atoms with Crippen molar-refractivity contribution >= 4 is 39.9 Å². The maximum absolute atomic E-state index is 13.9. The number of hydrogen-bond donors (Lipinski definition) is 1. The Labute approximate surface area is 207 Å². The van der Waals surface area contributed by atoms with Gasteiger partial charge in [0.25, 0.3) is 5.56 Å². The van der Waals surface area contributed by atoms with Crippen molar-refractivity contribution in [3.63, 3.8) is 0 Å². The van der Waals surface area contributed by atoms with Gasteiger partial charge in [-0.25, -0.2) is 13.8 Å². The second-order valence-corrected chi connectivity index (χ2v) is 8.83. The van der Waals surface area contributed by atoms with E-state index in [2.05, 4.69) is 9.97 Å². The van der Waals surface area contributed by atoms with E-state index in [1.54, 1.807) is 6.07 Å². The molecular weight excluding hydrogens is 500 g/mol. The Morgan fingerprint density at radius 3 is 2.57 bits per heavy atom. The van der Waals surface area contributed by atoms with Gasteiger partial charge >= 0.3 is 5.69 Å². The van der Waals surface area contributed by atoms with E-state index in [0.717, 1.165) is 10.6 Å². The Hall–Kier alpha value is -3.47. The summed E-state index contributed by atoms with van der Waals surface area (Å²) in [5, 5.41) is 10.0. The number of nitrogens with zero attached hydrogens (tertiary/aromatic N) is 5. The van der Waals surface area contributed by atoms with Gasteiger partial charge in [0.2, 0.25) is 5.88 Å². The summed E-state index contributed by atoms with van der Waals surface area (Å²) in [7, 11) is 1.36. The summed E-state index contributed by atoms with van der Waals surface area (Å²) in [6.07, 6.45) is 2.71. The monoisotopic (exact) mass is 517 g/mol. The van der Waals surface area contributed by atoms with Gasteiger partial charge in [0.15, 0.2) is 0 Å². The zero-order chi connectivity index (χ0) is 24.9. The van der Waals surface area contributed by atoms with E-state index >= 15 is 0 Å². The highest BCUT2D eigenvalue weighted by atomic mass is 35.5. The number of hydrogen-bond acceptors (Lipinski definition) is 7. The van der Waals surface area contributed by atoms with Crippen LogP contribution >= 0.6 is 23.2 Å². The molecule has 0 bridgehead atoms. The lowest BCUT2D eigenvalue weighted by Gasteiger charge is -2.21. The normalized spacial score (nSPS) is 15.7. The van der Waals surface area contributed by atoms with E-state index in [1.165, 1.54) is 42.3 Å². The average Bonchev–Trinajstić information content (AvgIpc) is 3.27. The molecule has 9 nitrogen and oxygen atoms in total. The maximum Gasteiger partial charge on any atom is 0.340 e. The van der Waals surface area contributed by atoms with Gasteiger partial charge in [-0.2, -0.15) is 4.98 Å². The van der Waals surface area contributed by atoms with Crippen molar-refractivity contribution in [3.05, 3.63) is 79.4 Å². The molecule has 0 spiro atoms. The first kappa shape index (κ1) is 23.3. The topological polar surface area (TPSA) is 102 Å². The first-order valence-electron chi connectivity index (χ1n) is 10.5. The molecule has 3 aromatic heterocycles. The zero-order valence-electron chi connectivity index (χ0n) is 18.3. The molecule has 35 heavy (non-hydrogen) atoms. The molecule has 4 aromatic rings. The summed E-state index contributed by atoms with van der Waals surface area (Å²) in [6.45, 7) is 0.861. The number of rotatable bonds is 4. The first-order chi connectivity index (χ1) is 16.8. The van der Waals surface area contributed by atoms with E-state index in [1.807, 2.05) is 4.90 Å². The van der Waals surface area contributed by atoms with E-state index in [0.29, 0.717) is 25.3 Å². The van der Waals surface area contributed by atoms with Crippen molar-refractivity contribution in [2.24, 2.45) is 0 Å². The van der Waals surface area contributed by atoms with Crippen molar-refractivity contribution in [3.8, 4) is 17.3 Å². The molecule has 0 radical (unpaired) electrons. The van der Waals surface area contributed by atoms with Gasteiger partial charge in [-0.05, 0) is 30.7 Å². The number of anilines is 1. The maximum atomic E-state index is 13.9. The van der Waals surface area contributed by atoms with Crippen molar-refractivity contribution in [2.75, 3.05) is 25.1 Å². The number of ether oxygens (including phenoxy) is 1. The third-order valence-electron chi connectivity index (χ3n) is 5.78. The summed E-state index contributed by atoms with van der Waals surface area (Å²) in [5.74, 6) is -0.269. The molecule has 1 saturated heterocycles. The molecule has 180 valence electrons. The predicted molar refractivity (Wildman–Crippen MR) is 130 cm³/mol. The van der Waals surface area contributed by atoms with Crippen LogP contribution in [0.2, 0.25) is 10.0 Å². The van der Waals surface area contributed by atoms with Crippen LogP contribution in [0.3, 0.4) is 0 Å². The van der Waals surface area contributed by atoms with Crippen LogP contribution in [0.4, 0.5) is 10.2 Å². The molecule has 0 unspecified atom stereocenters. The Morgan fingerprint density at radius 2 is 1.91 bits per heavy atom. The molecule has 1 aromatic carbocycles. The number of aromatic nitrogens is 4. The lowest BCUT2D eigenvalue weighted by Crippen LogP contribution is -2.39. The highest BCUT2D eigenvalue weighted by Gasteiger charge is 2.26. The number of halogens is 3. The third-order valence-corrected chi connectivity index (χ3v) is 6.28. The van der Waals surface area contributed by atoms with E-state index < -0.39 is 23.2 Å². The summed E-state index contributed by atoms with van der Waals surface area (Å²) in [5.41, 5.74) is -0.927. The highest BCUT2D eigenvalue weighted by Crippen LogP contribution is 2.30. The predicted octanol–water partition coefficient (Wildman–Crippen LogP) is 2.96. The van der Waals surface area contributed by atoms with E-state index in [9.17, 15) is 19.1 Å². The van der Waals surface area contributed by atoms with Crippen molar-refractivity contribution in [1.29, 1.82) is 0 Å². The van der Waals surface area contributed by atoms with Gasteiger partial charge in [0, 0.05) is 25.4 Å². The number of aliphatic hydroxyl groups excluding tert-OH is 1. The van der Waals surface area contributed by atoms with Gasteiger partial charge in [-0.1, -0.05) is 23.2 Å². The minimum absolute atomic E-state index is 0.0102. The van der Waals surface area contributed by atoms with Crippen molar-refractivity contribution in [2.45, 2.75) is 12.5 Å². The Morgan fingerprint density at radius 1 is 1.11 bits per heavy atom. The molecule has 12 heteroatoms. The SMILES string of the molecule is COc1nc(N2CC[C@@H](O)C2)cc2c1c(=O)n(-c1cncc(Cl)c1)c(=O)n2-c1ccc(F)c(Cl)c1. The van der Waals surface area contributed by atoms with E-state index in [-0.39, 0.29) is 38.2 Å². The molecule has 0 saturated carbocycles. The minimum atomic E-state index is -0.755. The minimum Gasteiger partial charge on any atom is -0.480 e. The molecule has 1 aliphatic heterocycles. The van der Waals surface area contributed by atoms with Crippen LogP contribution in [0.5, 0.6) is 5.88 Å². The summed E-state index contributed by atoms with van der Waals surface area (Å²) < 4.78 is 21.5. The zero-order valence-corrected chi connectivity index (χ0v) is 19.8. The molecular formula is C23H18Cl2FN5O4. The largest absolute Gasteiger partial charge is 0.480 e. The quantitative estimate of drug-likeness (QED) is 0.443. The molecule has 0 aliphatic carbocycles. The first-order valence-corrected chi connectivity index (χ1v) is 11.3. The smallest absolute Gasteiger partial charge is 0.340 e. The summed E-state index contributed by atoms with van der Waals surface area (Å²) >= 11 is 12.1. The van der Waals surface area contributed by atoms with Crippen LogP contribution in [0.15, 0.2) is 52.3 Å². The molecule has 1 atom stereocenters. The van der Waals surface area contributed by atoms with Gasteiger partial charge in [-0.3, -0.25) is 14.3 Å². The number of benzene rings is 1. The van der Waals surface area contributed by atoms with Gasteiger partial charge < -0.3 is 14.7 Å². The standard InChI is InChI=1S/C23H18Cl2FN5O4/c1-35-21-20-18(8-19(28-21)29-5-4-15(32)11-29)30(13-2-3-17(26)16(25)7-13)23(34)31(22(20)33)14-6-12(24)9-27-10-14/h2-3,6-10,15,32H,4-5,11H2,1H3/t15-/m1/s1. The Bertz CT molecular complexity index is 1590. The molecule has 0 amide bonds. The van der Waals surface area contributed by atoms with Crippen LogP contribution in [0, 0.1) is 5.82 Å². The van der Waals surface area contributed by atoms with Crippen LogP contribution in [0.25, 0.3) is 22.3 Å². The lowest BCUT2D eigenvalue weighted by molar-refractivity contribution is 0.198. The Kier molecular flexibility index (Phi) is 5.96. The fourth-order valence-corrected chi connectivity index (χ4v) is 4.50. The fourth-order valence-electron chi connectivity index (χ4n) is 4.16. The molecule has 5 rings (SSSR count). The number of methoxy groups -OCH3 is 1. The van der Waals surface area contributed by atoms with Crippen molar-refractivity contribution in [1.82, 2.24) is 19.1 Å². The third kappa shape index (κ3) is 4.03. The van der Waals surface area contributed by atoms with E-state index in [4.69, 9.17) is 27.9 Å². The summed E-state index contributed by atoms with van der Waals surface area (Å²) in [4.78, 5) is 37.7. The molecule has 4 heterocycles. The number of aliphatic hydroxyl groups is 1. The average molecular weight is 518 g/mol. The van der Waals surface area contributed by atoms with Crippen LogP contribution in [-0.4, -0.2) is 50.5 Å². The van der Waals surface area contributed by atoms with Gasteiger partial charge in [0.1, 0.15) is 17.0 Å². The lowest BCUT2D eigenvalue weighted by atomic mass is 10.2. The second-order valence-electron chi connectivity index (χ2n) is 7.99. The molecule has 1 aliphatic rings. The number of fused-ring (bicyclic) bond motifs is 1.